The molecule has 0 aliphatic heterocycles. The maximum Gasteiger partial charge on any atom is 0.222 e. The van der Waals surface area contributed by atoms with Crippen molar-refractivity contribution in [3.63, 3.8) is 0 Å². The molecule has 230 valence electrons. The second-order valence-corrected chi connectivity index (χ2v) is 10.7. The molecule has 13 nitrogen and oxygen atoms in total. The van der Waals surface area contributed by atoms with Crippen molar-refractivity contribution < 1.29 is 23.7 Å². The van der Waals surface area contributed by atoms with Gasteiger partial charge in [-0.3, -0.25) is 0 Å². The Balaban J connectivity index is 0.000000198. The van der Waals surface area contributed by atoms with E-state index in [1.165, 1.54) is 12.1 Å². The number of hydrogen-bond donors (Lipinski definition) is 4. The first kappa shape index (κ1) is 32.7. The Labute approximate surface area is 270 Å². The number of aromatic hydroxyl groups is 1. The molecule has 0 fully saturated rings. The average molecular weight is 757 g/mol. The van der Waals surface area contributed by atoms with Gasteiger partial charge in [0.1, 0.15) is 18.0 Å². The van der Waals surface area contributed by atoms with Crippen molar-refractivity contribution in [3.05, 3.63) is 57.2 Å². The minimum atomic E-state index is -0.732. The van der Waals surface area contributed by atoms with Crippen molar-refractivity contribution in [2.24, 2.45) is 14.1 Å². The van der Waals surface area contributed by atoms with E-state index >= 15 is 0 Å². The molecule has 0 spiro atoms. The van der Waals surface area contributed by atoms with E-state index in [4.69, 9.17) is 21.3 Å². The standard InChI is InChI=1S/C14H13BrFN5O2.C12H9BrFN5O.ClH/c1-21-13-8(6-18-14(17)19-13)11(20-21)7-4-9(15)12(10(16)5-7)23-3-2-22;1-19-11-6(4-16-12(15)17-11)9(18-19)5-2-7(13)10(20)8(14)3-5;/h4-6,22H,2-3H2,1H3,(H2,17,18,19);2-4,20H,1H3,(H2,15,16,17);1H. The van der Waals surface area contributed by atoms with E-state index in [1.54, 1.807) is 48.0 Å². The van der Waals surface area contributed by atoms with Crippen LogP contribution in [0.25, 0.3) is 44.6 Å². The lowest BCUT2D eigenvalue weighted by Crippen LogP contribution is -2.04. The van der Waals surface area contributed by atoms with Gasteiger partial charge in [0.05, 0.1) is 26.3 Å². The van der Waals surface area contributed by atoms with Gasteiger partial charge in [-0.1, -0.05) is 0 Å². The summed E-state index contributed by atoms with van der Waals surface area (Å²) in [4.78, 5) is 16.1. The number of nitrogens with zero attached hydrogens (tertiary/aromatic N) is 8. The zero-order valence-electron chi connectivity index (χ0n) is 22.8. The predicted octanol–water partition coefficient (Wildman–Crippen LogP) is 4.53. The van der Waals surface area contributed by atoms with E-state index in [2.05, 4.69) is 62.0 Å². The number of benzene rings is 2. The molecule has 0 aliphatic carbocycles. The largest absolute Gasteiger partial charge is 0.504 e. The topological polar surface area (TPSA) is 189 Å². The van der Waals surface area contributed by atoms with Gasteiger partial charge in [-0.2, -0.15) is 20.2 Å². The van der Waals surface area contributed by atoms with Crippen LogP contribution in [0.4, 0.5) is 20.7 Å². The molecule has 0 saturated heterocycles. The van der Waals surface area contributed by atoms with Crippen LogP contribution in [0.5, 0.6) is 11.5 Å². The van der Waals surface area contributed by atoms with Gasteiger partial charge in [0.2, 0.25) is 11.9 Å². The molecule has 4 heterocycles. The number of nitrogens with two attached hydrogens (primary N) is 2. The summed E-state index contributed by atoms with van der Waals surface area (Å²) in [7, 11) is 3.44. The van der Waals surface area contributed by atoms with Crippen LogP contribution in [-0.4, -0.2) is 62.9 Å². The first-order valence-corrected chi connectivity index (χ1v) is 13.9. The number of aliphatic hydroxyl groups excluding tert-OH is 1. The molecule has 4 aromatic heterocycles. The number of phenols is 1. The van der Waals surface area contributed by atoms with Crippen molar-refractivity contribution in [2.75, 3.05) is 24.7 Å². The molecule has 6 rings (SSSR count). The number of ether oxygens (including phenoxy) is 1. The maximum absolute atomic E-state index is 14.3. The summed E-state index contributed by atoms with van der Waals surface area (Å²) in [5.41, 5.74) is 14.4. The van der Waals surface area contributed by atoms with Crippen LogP contribution in [0.2, 0.25) is 0 Å². The summed E-state index contributed by atoms with van der Waals surface area (Å²) in [6.45, 7) is -0.189. The summed E-state index contributed by atoms with van der Waals surface area (Å²) in [6.07, 6.45) is 3.10. The molecule has 0 unspecified atom stereocenters. The normalized spacial score (nSPS) is 10.9. The van der Waals surface area contributed by atoms with Gasteiger partial charge in [0.25, 0.3) is 0 Å². The first-order valence-electron chi connectivity index (χ1n) is 12.3. The van der Waals surface area contributed by atoms with E-state index in [-0.39, 0.29) is 47.7 Å². The van der Waals surface area contributed by atoms with E-state index < -0.39 is 17.4 Å². The van der Waals surface area contributed by atoms with Gasteiger partial charge in [0.15, 0.2) is 34.4 Å². The van der Waals surface area contributed by atoms with E-state index in [1.807, 2.05) is 0 Å². The Bertz CT molecular complexity index is 1960. The highest BCUT2D eigenvalue weighted by atomic mass is 79.9. The van der Waals surface area contributed by atoms with Crippen LogP contribution in [-0.2, 0) is 14.1 Å². The number of rotatable bonds is 5. The number of anilines is 2. The summed E-state index contributed by atoms with van der Waals surface area (Å²) in [5, 5.41) is 28.2. The predicted molar refractivity (Wildman–Crippen MR) is 169 cm³/mol. The van der Waals surface area contributed by atoms with E-state index in [0.717, 1.165) is 0 Å². The van der Waals surface area contributed by atoms with Crippen molar-refractivity contribution in [3.8, 4) is 34.0 Å². The Kier molecular flexibility index (Phi) is 9.82. The van der Waals surface area contributed by atoms with Crippen LogP contribution in [0.1, 0.15) is 0 Å². The lowest BCUT2D eigenvalue weighted by molar-refractivity contribution is 0.195. The fourth-order valence-electron chi connectivity index (χ4n) is 4.21. The van der Waals surface area contributed by atoms with Gasteiger partial charge in [0, 0.05) is 37.6 Å². The zero-order valence-corrected chi connectivity index (χ0v) is 26.8. The Morgan fingerprint density at radius 2 is 1.30 bits per heavy atom. The summed E-state index contributed by atoms with van der Waals surface area (Å²) in [6, 6.07) is 5.79. The van der Waals surface area contributed by atoms with Crippen LogP contribution < -0.4 is 16.2 Å². The fourth-order valence-corrected chi connectivity index (χ4v) is 5.20. The number of nitrogen functional groups attached to an aromatic ring is 2. The molecule has 6 N–H and O–H groups in total. The van der Waals surface area contributed by atoms with Gasteiger partial charge in [-0.15, -0.1) is 12.4 Å². The monoisotopic (exact) mass is 754 g/mol. The minimum absolute atomic E-state index is 0. The number of aryl methyl sites for hydroxylation is 2. The van der Waals surface area contributed by atoms with Crippen LogP contribution in [0.15, 0.2) is 45.6 Å². The van der Waals surface area contributed by atoms with E-state index in [9.17, 15) is 13.9 Å². The Hall–Kier alpha value is -4.19. The number of aromatic nitrogens is 8. The second-order valence-electron chi connectivity index (χ2n) is 9.00. The van der Waals surface area contributed by atoms with Gasteiger partial charge < -0.3 is 26.4 Å². The molecule has 0 saturated carbocycles. The van der Waals surface area contributed by atoms with Crippen molar-refractivity contribution in [1.82, 2.24) is 39.5 Å². The first-order chi connectivity index (χ1) is 20.5. The molecule has 18 heteroatoms. The molecule has 0 radical (unpaired) electrons. The number of aliphatic hydroxyl groups is 1. The minimum Gasteiger partial charge on any atom is -0.504 e. The fraction of sp³-hybridized carbons (Fsp3) is 0.154. The number of halogens is 5. The van der Waals surface area contributed by atoms with Gasteiger partial charge in [-0.25, -0.2) is 28.1 Å². The SMILES string of the molecule is Cl.Cn1nc(-c2cc(F)c(O)c(Br)c2)c2cnc(N)nc21.Cn1nc(-c2cc(F)c(OCCO)c(Br)c2)c2cnc(N)nc21. The van der Waals surface area contributed by atoms with Crippen molar-refractivity contribution >= 4 is 78.2 Å². The molecule has 2 aromatic carbocycles. The average Bonchev–Trinajstić information content (AvgIpc) is 3.47. The number of phenolic OH excluding ortho intramolecular Hbond substituents is 1. The maximum atomic E-state index is 14.3. The summed E-state index contributed by atoms with van der Waals surface area (Å²) in [5.74, 6) is -1.39. The summed E-state index contributed by atoms with van der Waals surface area (Å²) < 4.78 is 36.9. The lowest BCUT2D eigenvalue weighted by atomic mass is 10.1. The highest BCUT2D eigenvalue weighted by molar-refractivity contribution is 9.11. The van der Waals surface area contributed by atoms with Crippen LogP contribution in [0, 0.1) is 11.6 Å². The third-order valence-electron chi connectivity index (χ3n) is 6.10. The van der Waals surface area contributed by atoms with Crippen molar-refractivity contribution in [1.29, 1.82) is 0 Å². The molecule has 0 amide bonds. The molecule has 6 aromatic rings. The highest BCUT2D eigenvalue weighted by Gasteiger charge is 2.18. The van der Waals surface area contributed by atoms with Crippen molar-refractivity contribution in [2.45, 2.75) is 0 Å². The third-order valence-corrected chi connectivity index (χ3v) is 7.29. The second kappa shape index (κ2) is 13.2. The Morgan fingerprint density at radius 3 is 1.75 bits per heavy atom. The number of fused-ring (bicyclic) bond motifs is 2. The molecular formula is C26H23Br2ClF2N10O3. The third kappa shape index (κ3) is 6.35. The highest BCUT2D eigenvalue weighted by Crippen LogP contribution is 2.36. The zero-order chi connectivity index (χ0) is 31.0. The van der Waals surface area contributed by atoms with Crippen LogP contribution in [0.3, 0.4) is 0 Å². The Morgan fingerprint density at radius 1 is 0.818 bits per heavy atom. The molecule has 0 aliphatic rings. The smallest absolute Gasteiger partial charge is 0.222 e. The lowest BCUT2D eigenvalue weighted by Gasteiger charge is -2.09. The van der Waals surface area contributed by atoms with E-state index in [0.29, 0.717) is 49.1 Å². The molecule has 0 bridgehead atoms. The van der Waals surface area contributed by atoms with Gasteiger partial charge >= 0.3 is 0 Å². The molecular weight excluding hydrogens is 734 g/mol. The molecule has 44 heavy (non-hydrogen) atoms. The summed E-state index contributed by atoms with van der Waals surface area (Å²) >= 11 is 6.38. The molecule has 0 atom stereocenters. The quantitative estimate of drug-likeness (QED) is 0.194. The number of hydrogen-bond acceptors (Lipinski definition) is 11. The van der Waals surface area contributed by atoms with Crippen LogP contribution >= 0.6 is 44.3 Å². The van der Waals surface area contributed by atoms with Gasteiger partial charge in [-0.05, 0) is 56.1 Å².